The molecule has 0 spiro atoms. The Hall–Kier alpha value is -1.33. The highest BCUT2D eigenvalue weighted by atomic mass is 79.9. The molecule has 0 bridgehead atoms. The second kappa shape index (κ2) is 6.90. The van der Waals surface area contributed by atoms with E-state index in [9.17, 15) is 4.79 Å². The van der Waals surface area contributed by atoms with Gasteiger partial charge < -0.3 is 10.6 Å². The average molecular weight is 398 g/mol. The Balaban J connectivity index is 1.94. The number of carbonyl (C=O) groups is 1. The minimum absolute atomic E-state index is 0.0810. The van der Waals surface area contributed by atoms with Crippen LogP contribution < -0.4 is 10.6 Å². The first-order valence-corrected chi connectivity index (χ1v) is 7.69. The molecular weight excluding hydrogens is 384 g/mol. The molecule has 0 aromatic heterocycles. The van der Waals surface area contributed by atoms with Crippen LogP contribution in [0.3, 0.4) is 0 Å². The highest BCUT2D eigenvalue weighted by Gasteiger charge is 2.05. The largest absolute Gasteiger partial charge is 0.376 e. The summed E-state index contributed by atoms with van der Waals surface area (Å²) >= 11 is 6.84. The zero-order chi connectivity index (χ0) is 14.5. The predicted octanol–water partition coefficient (Wildman–Crippen LogP) is 4.57. The van der Waals surface area contributed by atoms with Crippen LogP contribution in [-0.4, -0.2) is 12.5 Å². The summed E-state index contributed by atoms with van der Waals surface area (Å²) in [6.07, 6.45) is 0. The third kappa shape index (κ3) is 4.08. The predicted molar refractivity (Wildman–Crippen MR) is 90.1 cm³/mol. The van der Waals surface area contributed by atoms with Crippen LogP contribution in [-0.2, 0) is 4.79 Å². The summed E-state index contributed by atoms with van der Waals surface area (Å²) in [4.78, 5) is 11.9. The maximum absolute atomic E-state index is 11.9. The van der Waals surface area contributed by atoms with Crippen molar-refractivity contribution in [2.24, 2.45) is 0 Å². The van der Waals surface area contributed by atoms with Gasteiger partial charge >= 0.3 is 0 Å². The van der Waals surface area contributed by atoms with Crippen molar-refractivity contribution in [3.63, 3.8) is 0 Å². The molecule has 0 aliphatic rings. The van der Waals surface area contributed by atoms with Crippen LogP contribution in [0, 0.1) is 6.92 Å². The fourth-order valence-corrected chi connectivity index (χ4v) is 2.51. The number of hydrogen-bond acceptors (Lipinski definition) is 2. The monoisotopic (exact) mass is 396 g/mol. The van der Waals surface area contributed by atoms with Crippen LogP contribution in [0.2, 0.25) is 0 Å². The minimum atomic E-state index is -0.0810. The van der Waals surface area contributed by atoms with Gasteiger partial charge in [0.25, 0.3) is 0 Å². The van der Waals surface area contributed by atoms with Crippen molar-refractivity contribution in [1.82, 2.24) is 0 Å². The molecule has 2 aromatic rings. The summed E-state index contributed by atoms with van der Waals surface area (Å²) in [6, 6.07) is 13.4. The lowest BCUT2D eigenvalue weighted by Gasteiger charge is -2.11. The molecule has 2 rings (SSSR count). The average Bonchev–Trinajstić information content (AvgIpc) is 2.40. The maximum atomic E-state index is 11.9. The van der Waals surface area contributed by atoms with Gasteiger partial charge in [-0.15, -0.1) is 0 Å². The van der Waals surface area contributed by atoms with Gasteiger partial charge in [-0.25, -0.2) is 0 Å². The zero-order valence-electron chi connectivity index (χ0n) is 10.9. The van der Waals surface area contributed by atoms with Crippen molar-refractivity contribution in [3.8, 4) is 0 Å². The Labute approximate surface area is 135 Å². The molecular formula is C15H14Br2N2O. The van der Waals surface area contributed by atoms with Crippen molar-refractivity contribution >= 4 is 49.1 Å². The third-order valence-corrected chi connectivity index (χ3v) is 4.17. The topological polar surface area (TPSA) is 41.1 Å². The summed E-state index contributed by atoms with van der Waals surface area (Å²) in [6.45, 7) is 2.22. The molecule has 0 saturated carbocycles. The van der Waals surface area contributed by atoms with E-state index in [2.05, 4.69) is 42.5 Å². The Bertz CT molecular complexity index is 629. The van der Waals surface area contributed by atoms with E-state index in [-0.39, 0.29) is 12.5 Å². The molecule has 2 aromatic carbocycles. The first kappa shape index (κ1) is 15.1. The van der Waals surface area contributed by atoms with Gasteiger partial charge in [-0.1, -0.05) is 44.0 Å². The second-order valence-corrected chi connectivity index (χ2v) is 6.09. The number of nitrogens with one attached hydrogen (secondary N) is 2. The standard InChI is InChI=1S/C15H14Br2N2O/c1-10-13(17)6-3-7-14(10)18-9-15(20)19-12-5-2-4-11(16)8-12/h2-8,18H,9H2,1H3,(H,19,20). The Morgan fingerprint density at radius 2 is 1.90 bits per heavy atom. The molecule has 2 N–H and O–H groups in total. The molecule has 0 atom stereocenters. The highest BCUT2D eigenvalue weighted by Crippen LogP contribution is 2.23. The number of amides is 1. The maximum Gasteiger partial charge on any atom is 0.243 e. The Morgan fingerprint density at radius 3 is 2.65 bits per heavy atom. The van der Waals surface area contributed by atoms with E-state index < -0.39 is 0 Å². The van der Waals surface area contributed by atoms with Crippen LogP contribution in [0.1, 0.15) is 5.56 Å². The van der Waals surface area contributed by atoms with E-state index in [1.165, 1.54) is 0 Å². The van der Waals surface area contributed by atoms with Gasteiger partial charge in [-0.2, -0.15) is 0 Å². The van der Waals surface area contributed by atoms with Crippen molar-refractivity contribution in [2.45, 2.75) is 6.92 Å². The van der Waals surface area contributed by atoms with Crippen LogP contribution in [0.25, 0.3) is 0 Å². The van der Waals surface area contributed by atoms with Crippen LogP contribution >= 0.6 is 31.9 Å². The number of anilines is 2. The van der Waals surface area contributed by atoms with Crippen molar-refractivity contribution < 1.29 is 4.79 Å². The quantitative estimate of drug-likeness (QED) is 0.793. The summed E-state index contributed by atoms with van der Waals surface area (Å²) in [5.74, 6) is -0.0810. The van der Waals surface area contributed by atoms with Gasteiger partial charge in [-0.3, -0.25) is 4.79 Å². The van der Waals surface area contributed by atoms with Gasteiger partial charge in [0.15, 0.2) is 0 Å². The van der Waals surface area contributed by atoms with E-state index in [0.717, 1.165) is 25.9 Å². The molecule has 5 heteroatoms. The fourth-order valence-electron chi connectivity index (χ4n) is 1.75. The summed E-state index contributed by atoms with van der Waals surface area (Å²) in [5, 5.41) is 5.98. The Morgan fingerprint density at radius 1 is 1.15 bits per heavy atom. The molecule has 0 aliphatic heterocycles. The SMILES string of the molecule is Cc1c(Br)cccc1NCC(=O)Nc1cccc(Br)c1. The molecule has 0 fully saturated rings. The van der Waals surface area contributed by atoms with E-state index in [0.29, 0.717) is 0 Å². The van der Waals surface area contributed by atoms with Crippen LogP contribution in [0.15, 0.2) is 51.4 Å². The summed E-state index contributed by atoms with van der Waals surface area (Å²) in [5.41, 5.74) is 2.81. The second-order valence-electron chi connectivity index (χ2n) is 4.32. The van der Waals surface area contributed by atoms with Gasteiger partial charge in [0.1, 0.15) is 0 Å². The first-order valence-electron chi connectivity index (χ1n) is 6.10. The number of rotatable bonds is 4. The van der Waals surface area contributed by atoms with Gasteiger partial charge in [0.2, 0.25) is 5.91 Å². The van der Waals surface area contributed by atoms with Crippen molar-refractivity contribution in [2.75, 3.05) is 17.2 Å². The smallest absolute Gasteiger partial charge is 0.243 e. The van der Waals surface area contributed by atoms with E-state index >= 15 is 0 Å². The Kier molecular flexibility index (Phi) is 5.20. The fraction of sp³-hybridized carbons (Fsp3) is 0.133. The summed E-state index contributed by atoms with van der Waals surface area (Å²) in [7, 11) is 0. The molecule has 0 unspecified atom stereocenters. The van der Waals surface area contributed by atoms with Crippen molar-refractivity contribution in [3.05, 3.63) is 57.0 Å². The lowest BCUT2D eigenvalue weighted by Crippen LogP contribution is -2.22. The number of halogens is 2. The molecule has 0 aliphatic carbocycles. The molecule has 104 valence electrons. The molecule has 0 heterocycles. The van der Waals surface area contributed by atoms with Crippen LogP contribution in [0.4, 0.5) is 11.4 Å². The van der Waals surface area contributed by atoms with E-state index in [1.54, 1.807) is 0 Å². The highest BCUT2D eigenvalue weighted by molar-refractivity contribution is 9.10. The number of hydrogen-bond donors (Lipinski definition) is 2. The zero-order valence-corrected chi connectivity index (χ0v) is 14.1. The first-order chi connectivity index (χ1) is 9.56. The normalized spacial score (nSPS) is 10.2. The van der Waals surface area contributed by atoms with Crippen molar-refractivity contribution in [1.29, 1.82) is 0 Å². The number of benzene rings is 2. The van der Waals surface area contributed by atoms with E-state index in [4.69, 9.17) is 0 Å². The minimum Gasteiger partial charge on any atom is -0.376 e. The van der Waals surface area contributed by atoms with Crippen LogP contribution in [0.5, 0.6) is 0 Å². The van der Waals surface area contributed by atoms with E-state index in [1.807, 2.05) is 49.4 Å². The molecule has 0 saturated heterocycles. The lowest BCUT2D eigenvalue weighted by atomic mass is 10.2. The molecule has 0 radical (unpaired) electrons. The van der Waals surface area contributed by atoms with Gasteiger partial charge in [0.05, 0.1) is 6.54 Å². The molecule has 20 heavy (non-hydrogen) atoms. The molecule has 3 nitrogen and oxygen atoms in total. The lowest BCUT2D eigenvalue weighted by molar-refractivity contribution is -0.114. The summed E-state index contributed by atoms with van der Waals surface area (Å²) < 4.78 is 1.96. The van der Waals surface area contributed by atoms with Gasteiger partial charge in [-0.05, 0) is 42.8 Å². The van der Waals surface area contributed by atoms with Gasteiger partial charge in [0, 0.05) is 20.3 Å². The number of carbonyl (C=O) groups excluding carboxylic acids is 1. The molecule has 1 amide bonds. The third-order valence-electron chi connectivity index (χ3n) is 2.82.